The second-order valence-corrected chi connectivity index (χ2v) is 4.04. The van der Waals surface area contributed by atoms with E-state index in [1.54, 1.807) is 25.4 Å². The lowest BCUT2D eigenvalue weighted by Gasteiger charge is -2.31. The molecule has 0 aliphatic carbocycles. The summed E-state index contributed by atoms with van der Waals surface area (Å²) in [7, 11) is 1.63. The van der Waals surface area contributed by atoms with E-state index in [1.165, 1.54) is 9.80 Å². The summed E-state index contributed by atoms with van der Waals surface area (Å²) in [6.45, 7) is 1.50. The molecule has 0 bridgehead atoms. The molecule has 1 fully saturated rings. The second-order valence-electron chi connectivity index (χ2n) is 4.04. The molecule has 0 atom stereocenters. The van der Waals surface area contributed by atoms with Crippen LogP contribution in [0.5, 0.6) is 0 Å². The molecule has 6 heteroatoms. The van der Waals surface area contributed by atoms with Gasteiger partial charge in [0.1, 0.15) is 5.82 Å². The number of hydrogen-bond acceptors (Lipinski definition) is 4. The summed E-state index contributed by atoms with van der Waals surface area (Å²) in [6.07, 6.45) is 1.59. The Hall–Kier alpha value is -2.11. The number of likely N-dealkylation sites (N-methyl/N-ethyl adjacent to an activating group) is 1. The van der Waals surface area contributed by atoms with Crippen molar-refractivity contribution in [2.75, 3.05) is 25.9 Å². The zero-order valence-electron chi connectivity index (χ0n) is 9.59. The maximum atomic E-state index is 11.7. The number of rotatable bonds is 2. The predicted octanol–water partition coefficient (Wildman–Crippen LogP) is -0.536. The van der Waals surface area contributed by atoms with Gasteiger partial charge in [-0.2, -0.15) is 0 Å². The topological polar surface area (TPSA) is 79.5 Å². The highest BCUT2D eigenvalue weighted by molar-refractivity contribution is 6.35. The Kier molecular flexibility index (Phi) is 2.95. The molecular formula is C11H14N4O2. The zero-order valence-corrected chi connectivity index (χ0v) is 9.59. The number of amides is 2. The van der Waals surface area contributed by atoms with Crippen molar-refractivity contribution in [2.45, 2.75) is 6.54 Å². The van der Waals surface area contributed by atoms with Crippen molar-refractivity contribution in [2.24, 2.45) is 0 Å². The van der Waals surface area contributed by atoms with Crippen molar-refractivity contribution in [3.05, 3.63) is 23.9 Å². The third-order valence-corrected chi connectivity index (χ3v) is 2.74. The van der Waals surface area contributed by atoms with Gasteiger partial charge in [-0.3, -0.25) is 9.59 Å². The molecule has 0 unspecified atom stereocenters. The van der Waals surface area contributed by atoms with Gasteiger partial charge in [0.15, 0.2) is 0 Å². The van der Waals surface area contributed by atoms with Gasteiger partial charge >= 0.3 is 11.8 Å². The van der Waals surface area contributed by atoms with Crippen LogP contribution >= 0.6 is 0 Å². The molecule has 1 aromatic rings. The minimum atomic E-state index is -0.464. The Morgan fingerprint density at radius 1 is 1.35 bits per heavy atom. The summed E-state index contributed by atoms with van der Waals surface area (Å²) in [5.74, 6) is -0.511. The number of pyridine rings is 1. The summed E-state index contributed by atoms with van der Waals surface area (Å²) >= 11 is 0. The van der Waals surface area contributed by atoms with Crippen LogP contribution in [0.1, 0.15) is 5.56 Å². The van der Waals surface area contributed by atoms with Crippen LogP contribution in [0.2, 0.25) is 0 Å². The van der Waals surface area contributed by atoms with Gasteiger partial charge in [-0.1, -0.05) is 0 Å². The van der Waals surface area contributed by atoms with Gasteiger partial charge in [0.05, 0.1) is 0 Å². The molecule has 1 saturated heterocycles. The smallest absolute Gasteiger partial charge is 0.312 e. The lowest BCUT2D eigenvalue weighted by molar-refractivity contribution is -0.155. The molecule has 0 spiro atoms. The first-order chi connectivity index (χ1) is 8.08. The molecule has 1 aliphatic heterocycles. The van der Waals surface area contributed by atoms with Crippen LogP contribution in [0.4, 0.5) is 5.82 Å². The van der Waals surface area contributed by atoms with Crippen LogP contribution in [0, 0.1) is 0 Å². The highest BCUT2D eigenvalue weighted by Crippen LogP contribution is 2.10. The summed E-state index contributed by atoms with van der Waals surface area (Å²) in [5.41, 5.74) is 6.44. The van der Waals surface area contributed by atoms with E-state index in [0.29, 0.717) is 25.5 Å². The van der Waals surface area contributed by atoms with Crippen LogP contribution in [0.25, 0.3) is 0 Å². The van der Waals surface area contributed by atoms with E-state index in [2.05, 4.69) is 4.98 Å². The number of carbonyl (C=O) groups excluding carboxylic acids is 2. The molecule has 0 aromatic carbocycles. The molecular weight excluding hydrogens is 220 g/mol. The average molecular weight is 234 g/mol. The fraction of sp³-hybridized carbons (Fsp3) is 0.364. The van der Waals surface area contributed by atoms with E-state index in [1.807, 2.05) is 0 Å². The van der Waals surface area contributed by atoms with Crippen LogP contribution in [0.15, 0.2) is 18.3 Å². The number of nitrogen functional groups attached to an aromatic ring is 1. The number of carbonyl (C=O) groups is 2. The highest BCUT2D eigenvalue weighted by atomic mass is 16.2. The third-order valence-electron chi connectivity index (χ3n) is 2.74. The Labute approximate surface area is 99.0 Å². The quantitative estimate of drug-likeness (QED) is 0.697. The lowest BCUT2D eigenvalue weighted by Crippen LogP contribution is -2.52. The highest BCUT2D eigenvalue weighted by Gasteiger charge is 2.29. The first-order valence-electron chi connectivity index (χ1n) is 5.32. The average Bonchev–Trinajstić information content (AvgIpc) is 2.30. The summed E-state index contributed by atoms with van der Waals surface area (Å²) < 4.78 is 0. The minimum Gasteiger partial charge on any atom is -0.384 e. The second kappa shape index (κ2) is 4.40. The van der Waals surface area contributed by atoms with Gasteiger partial charge in [-0.15, -0.1) is 0 Å². The van der Waals surface area contributed by atoms with Crippen molar-refractivity contribution in [1.29, 1.82) is 0 Å². The Balaban J connectivity index is 2.09. The first kappa shape index (κ1) is 11.4. The number of nitrogens with two attached hydrogens (primary N) is 1. The van der Waals surface area contributed by atoms with Crippen LogP contribution in [0.3, 0.4) is 0 Å². The minimum absolute atomic E-state index is 0.394. The number of anilines is 1. The van der Waals surface area contributed by atoms with E-state index < -0.39 is 11.8 Å². The van der Waals surface area contributed by atoms with Crippen molar-refractivity contribution < 1.29 is 9.59 Å². The van der Waals surface area contributed by atoms with E-state index >= 15 is 0 Å². The van der Waals surface area contributed by atoms with Crippen LogP contribution in [-0.2, 0) is 16.1 Å². The number of hydrogen-bond donors (Lipinski definition) is 1. The Morgan fingerprint density at radius 2 is 2.12 bits per heavy atom. The van der Waals surface area contributed by atoms with Gasteiger partial charge in [-0.05, 0) is 17.7 Å². The molecule has 0 saturated carbocycles. The van der Waals surface area contributed by atoms with E-state index in [4.69, 9.17) is 5.73 Å². The SMILES string of the molecule is CN1CCN(Cc2ccnc(N)c2)C(=O)C1=O. The molecule has 1 aliphatic rings. The maximum absolute atomic E-state index is 11.7. The number of nitrogens with zero attached hydrogens (tertiary/aromatic N) is 3. The van der Waals surface area contributed by atoms with Gasteiger partial charge in [-0.25, -0.2) is 4.98 Å². The van der Waals surface area contributed by atoms with E-state index in [0.717, 1.165) is 5.56 Å². The largest absolute Gasteiger partial charge is 0.384 e. The van der Waals surface area contributed by atoms with Crippen LogP contribution < -0.4 is 5.73 Å². The summed E-state index contributed by atoms with van der Waals surface area (Å²) in [4.78, 5) is 30.0. The normalized spacial score (nSPS) is 16.5. The molecule has 6 nitrogen and oxygen atoms in total. The van der Waals surface area contributed by atoms with Gasteiger partial charge in [0, 0.05) is 32.9 Å². The lowest BCUT2D eigenvalue weighted by atomic mass is 10.2. The van der Waals surface area contributed by atoms with Crippen molar-refractivity contribution >= 4 is 17.6 Å². The molecule has 17 heavy (non-hydrogen) atoms. The van der Waals surface area contributed by atoms with Gasteiger partial charge in [0.2, 0.25) is 0 Å². The number of aromatic nitrogens is 1. The molecule has 2 heterocycles. The fourth-order valence-corrected chi connectivity index (χ4v) is 1.74. The summed E-state index contributed by atoms with van der Waals surface area (Å²) in [5, 5.41) is 0. The Bertz CT molecular complexity index is 461. The molecule has 2 amide bonds. The number of piperazine rings is 1. The molecule has 2 N–H and O–H groups in total. The third kappa shape index (κ3) is 2.35. The molecule has 0 radical (unpaired) electrons. The molecule has 2 rings (SSSR count). The zero-order chi connectivity index (χ0) is 12.4. The Morgan fingerprint density at radius 3 is 2.82 bits per heavy atom. The fourth-order valence-electron chi connectivity index (χ4n) is 1.74. The maximum Gasteiger partial charge on any atom is 0.312 e. The van der Waals surface area contributed by atoms with Crippen molar-refractivity contribution in [3.8, 4) is 0 Å². The summed E-state index contributed by atoms with van der Waals surface area (Å²) in [6, 6.07) is 3.49. The monoisotopic (exact) mass is 234 g/mol. The first-order valence-corrected chi connectivity index (χ1v) is 5.32. The van der Waals surface area contributed by atoms with Crippen LogP contribution in [-0.4, -0.2) is 46.7 Å². The van der Waals surface area contributed by atoms with Crippen molar-refractivity contribution in [3.63, 3.8) is 0 Å². The molecule has 1 aromatic heterocycles. The molecule has 90 valence electrons. The van der Waals surface area contributed by atoms with Gasteiger partial charge in [0.25, 0.3) is 0 Å². The van der Waals surface area contributed by atoms with E-state index in [9.17, 15) is 9.59 Å². The standard InChI is InChI=1S/C11H14N4O2/c1-14-4-5-15(11(17)10(14)16)7-8-2-3-13-9(12)6-8/h2-3,6H,4-5,7H2,1H3,(H2,12,13). The van der Waals surface area contributed by atoms with Crippen molar-refractivity contribution in [1.82, 2.24) is 14.8 Å². The predicted molar refractivity (Wildman–Crippen MR) is 61.7 cm³/mol. The van der Waals surface area contributed by atoms with E-state index in [-0.39, 0.29) is 0 Å². The van der Waals surface area contributed by atoms with Gasteiger partial charge < -0.3 is 15.5 Å².